The predicted molar refractivity (Wildman–Crippen MR) is 208 cm³/mol. The topological polar surface area (TPSA) is 0 Å². The number of hydrogen-bond acceptors (Lipinski definition) is 0. The van der Waals surface area contributed by atoms with Crippen molar-refractivity contribution in [3.8, 4) is 0 Å². The van der Waals surface area contributed by atoms with Gasteiger partial charge in [-0.15, -0.1) is 9.24 Å². The van der Waals surface area contributed by atoms with Crippen LogP contribution in [0.2, 0.25) is 0 Å². The number of unbranched alkanes of at least 4 members (excludes halogenated alkanes) is 10. The van der Waals surface area contributed by atoms with Crippen molar-refractivity contribution in [3.63, 3.8) is 0 Å². The Labute approximate surface area is 284 Å². The van der Waals surface area contributed by atoms with Crippen LogP contribution in [0.5, 0.6) is 0 Å². The largest absolute Gasteiger partial charge is 0.122 e. The highest BCUT2D eigenvalue weighted by Crippen LogP contribution is 2.49. The Bertz CT molecular complexity index is 988. The summed E-state index contributed by atoms with van der Waals surface area (Å²) in [4.78, 5) is 0. The Balaban J connectivity index is 2.92. The van der Waals surface area contributed by atoms with E-state index in [0.717, 1.165) is 0 Å². The average molecular weight is 635 g/mol. The Morgan fingerprint density at radius 1 is 0.378 bits per heavy atom. The van der Waals surface area contributed by atoms with E-state index in [1.165, 1.54) is 154 Å². The maximum Gasteiger partial charge on any atom is 0.0350 e. The van der Waals surface area contributed by atoms with Crippen LogP contribution in [0, 0.1) is 0 Å². The molecule has 0 aliphatic carbocycles. The van der Waals surface area contributed by atoms with Crippen LogP contribution in [0.25, 0.3) is 0 Å². The van der Waals surface area contributed by atoms with Crippen LogP contribution in [0.3, 0.4) is 0 Å². The Morgan fingerprint density at radius 2 is 0.711 bits per heavy atom. The van der Waals surface area contributed by atoms with E-state index in [1.54, 1.807) is 44.5 Å². The lowest BCUT2D eigenvalue weighted by molar-refractivity contribution is 0.548. The molecule has 0 aliphatic rings. The third kappa shape index (κ3) is 12.1. The molecule has 0 radical (unpaired) electrons. The van der Waals surface area contributed by atoms with Crippen LogP contribution in [0.1, 0.15) is 209 Å². The molecule has 1 unspecified atom stereocenters. The van der Waals surface area contributed by atoms with Crippen LogP contribution in [0.15, 0.2) is 24.3 Å². The van der Waals surface area contributed by atoms with E-state index in [0.29, 0.717) is 0 Å². The van der Waals surface area contributed by atoms with Crippen LogP contribution < -0.4 is 0 Å². The highest BCUT2D eigenvalue weighted by molar-refractivity contribution is 7.19. The van der Waals surface area contributed by atoms with E-state index in [9.17, 15) is 0 Å². The van der Waals surface area contributed by atoms with Gasteiger partial charge in [-0.3, -0.25) is 0 Å². The summed E-state index contributed by atoms with van der Waals surface area (Å²) in [5.41, 5.74) is 13.5. The van der Waals surface area contributed by atoms with Gasteiger partial charge in [0.1, 0.15) is 0 Å². The fraction of sp³-hybridized carbons (Fsp3) is 0.727. The molecule has 2 aromatic rings. The number of aryl methyl sites for hydroxylation is 2. The quantitative estimate of drug-likeness (QED) is 0.0713. The first-order valence-electron chi connectivity index (χ1n) is 20.0. The predicted octanol–water partition coefficient (Wildman–Crippen LogP) is 14.2. The maximum absolute atomic E-state index is 3.59. The summed E-state index contributed by atoms with van der Waals surface area (Å²) in [5.74, 6) is 0. The second kappa shape index (κ2) is 23.2. The summed E-state index contributed by atoms with van der Waals surface area (Å²) < 4.78 is 0. The fourth-order valence-corrected chi connectivity index (χ4v) is 8.30. The molecule has 2 aromatic carbocycles. The molecule has 256 valence electrons. The smallest absolute Gasteiger partial charge is 0.0350 e. The standard InChI is InChI=1S/C44H75P/c1-8-15-22-23-24-35-44(45,42-33-31-36(25-16-9-2)38(27-18-11-4)40(42)29-20-13-6)43-34-32-37(26-17-10-3)39(28-19-12-5)41(43)30-21-14-7/h31-34H,8-30,35,45H2,1-7H3. The van der Waals surface area contributed by atoms with Crippen molar-refractivity contribution in [2.45, 2.75) is 208 Å². The van der Waals surface area contributed by atoms with E-state index < -0.39 is 0 Å². The number of rotatable bonds is 26. The van der Waals surface area contributed by atoms with E-state index >= 15 is 0 Å². The molecule has 0 heterocycles. The molecule has 0 saturated heterocycles. The maximum atomic E-state index is 3.59. The van der Waals surface area contributed by atoms with E-state index in [-0.39, 0.29) is 5.16 Å². The van der Waals surface area contributed by atoms with Gasteiger partial charge in [0.25, 0.3) is 0 Å². The summed E-state index contributed by atoms with van der Waals surface area (Å²) in [6.07, 6.45) is 30.8. The molecular weight excluding hydrogens is 559 g/mol. The molecule has 1 heteroatoms. The van der Waals surface area contributed by atoms with Gasteiger partial charge in [-0.25, -0.2) is 0 Å². The van der Waals surface area contributed by atoms with Gasteiger partial charge in [-0.05, 0) is 128 Å². The molecule has 45 heavy (non-hydrogen) atoms. The van der Waals surface area contributed by atoms with Crippen LogP contribution in [-0.2, 0) is 43.7 Å². The molecule has 0 N–H and O–H groups in total. The zero-order valence-corrected chi connectivity index (χ0v) is 32.5. The molecule has 0 spiro atoms. The number of benzene rings is 2. The highest BCUT2D eigenvalue weighted by atomic mass is 31.0. The summed E-state index contributed by atoms with van der Waals surface area (Å²) >= 11 is 0. The molecule has 0 fully saturated rings. The second-order valence-corrected chi connectivity index (χ2v) is 15.2. The first-order chi connectivity index (χ1) is 22.0. The van der Waals surface area contributed by atoms with Crippen molar-refractivity contribution < 1.29 is 0 Å². The van der Waals surface area contributed by atoms with Crippen molar-refractivity contribution in [3.05, 3.63) is 68.8 Å². The molecular formula is C44H75P. The van der Waals surface area contributed by atoms with Crippen LogP contribution >= 0.6 is 9.24 Å². The van der Waals surface area contributed by atoms with Gasteiger partial charge in [-0.2, -0.15) is 0 Å². The lowest BCUT2D eigenvalue weighted by atomic mass is 9.74. The van der Waals surface area contributed by atoms with Crippen molar-refractivity contribution in [2.75, 3.05) is 0 Å². The minimum atomic E-state index is -0.0210. The zero-order valence-electron chi connectivity index (χ0n) is 31.4. The van der Waals surface area contributed by atoms with Gasteiger partial charge in [0, 0.05) is 5.16 Å². The van der Waals surface area contributed by atoms with Gasteiger partial charge in [0.15, 0.2) is 0 Å². The minimum Gasteiger partial charge on any atom is -0.122 e. The molecule has 0 aromatic heterocycles. The first-order valence-corrected chi connectivity index (χ1v) is 20.6. The Morgan fingerprint density at radius 3 is 1.09 bits per heavy atom. The van der Waals surface area contributed by atoms with Gasteiger partial charge in [0.05, 0.1) is 0 Å². The van der Waals surface area contributed by atoms with Crippen LogP contribution in [0.4, 0.5) is 0 Å². The van der Waals surface area contributed by atoms with Crippen molar-refractivity contribution in [1.82, 2.24) is 0 Å². The van der Waals surface area contributed by atoms with Gasteiger partial charge < -0.3 is 0 Å². The average Bonchev–Trinajstić information content (AvgIpc) is 3.05. The fourth-order valence-electron chi connectivity index (χ4n) is 7.55. The van der Waals surface area contributed by atoms with E-state index in [2.05, 4.69) is 82.0 Å². The minimum absolute atomic E-state index is 0.0210. The Kier molecular flexibility index (Phi) is 20.7. The van der Waals surface area contributed by atoms with Gasteiger partial charge in [-0.1, -0.05) is 143 Å². The summed E-state index contributed by atoms with van der Waals surface area (Å²) in [6.45, 7) is 16.5. The second-order valence-electron chi connectivity index (χ2n) is 14.2. The summed E-state index contributed by atoms with van der Waals surface area (Å²) in [5, 5.41) is -0.0210. The SMILES string of the molecule is CCCCCCCC(P)(c1ccc(CCCC)c(CCCC)c1CCCC)c1ccc(CCCC)c(CCCC)c1CCCC. The first kappa shape index (κ1) is 40.0. The molecule has 0 nitrogen and oxygen atoms in total. The molecule has 0 amide bonds. The lowest BCUT2D eigenvalue weighted by Gasteiger charge is -2.37. The normalized spacial score (nSPS) is 11.9. The lowest BCUT2D eigenvalue weighted by Crippen LogP contribution is -2.26. The summed E-state index contributed by atoms with van der Waals surface area (Å²) in [7, 11) is 3.59. The molecule has 2 rings (SSSR count). The van der Waals surface area contributed by atoms with Gasteiger partial charge in [0.2, 0.25) is 0 Å². The molecule has 1 atom stereocenters. The Hall–Kier alpha value is -1.13. The number of hydrogen-bond donors (Lipinski definition) is 0. The molecule has 0 aliphatic heterocycles. The third-order valence-corrected chi connectivity index (χ3v) is 11.3. The van der Waals surface area contributed by atoms with E-state index in [4.69, 9.17) is 0 Å². The summed E-state index contributed by atoms with van der Waals surface area (Å²) in [6, 6.07) is 10.4. The van der Waals surface area contributed by atoms with Crippen molar-refractivity contribution in [2.24, 2.45) is 0 Å². The van der Waals surface area contributed by atoms with Crippen LogP contribution in [-0.4, -0.2) is 0 Å². The van der Waals surface area contributed by atoms with Crippen molar-refractivity contribution in [1.29, 1.82) is 0 Å². The van der Waals surface area contributed by atoms with Gasteiger partial charge >= 0.3 is 0 Å². The zero-order chi connectivity index (χ0) is 32.9. The molecule has 0 bridgehead atoms. The highest BCUT2D eigenvalue weighted by Gasteiger charge is 2.35. The monoisotopic (exact) mass is 635 g/mol. The van der Waals surface area contributed by atoms with E-state index in [1.807, 2.05) is 0 Å². The third-order valence-electron chi connectivity index (χ3n) is 10.4. The van der Waals surface area contributed by atoms with Crippen molar-refractivity contribution >= 4 is 9.24 Å². The molecule has 0 saturated carbocycles.